The van der Waals surface area contributed by atoms with Crippen LogP contribution in [-0.4, -0.2) is 31.8 Å². The second kappa shape index (κ2) is 6.48. The molecule has 0 aliphatic carbocycles. The van der Waals surface area contributed by atoms with Crippen molar-refractivity contribution in [3.05, 3.63) is 66.0 Å². The van der Waals surface area contributed by atoms with Gasteiger partial charge in [0.1, 0.15) is 0 Å². The van der Waals surface area contributed by atoms with Gasteiger partial charge in [0.2, 0.25) is 0 Å². The third-order valence-electron chi connectivity index (χ3n) is 3.58. The summed E-state index contributed by atoms with van der Waals surface area (Å²) in [5.74, 6) is -0.0894. The van der Waals surface area contributed by atoms with Gasteiger partial charge >= 0.3 is 0 Å². The number of rotatable bonds is 5. The number of benzene rings is 1. The van der Waals surface area contributed by atoms with E-state index in [1.165, 1.54) is 0 Å². The predicted octanol–water partition coefficient (Wildman–Crippen LogP) is 2.12. The Morgan fingerprint density at radius 2 is 2.13 bits per heavy atom. The van der Waals surface area contributed by atoms with Gasteiger partial charge in [-0.2, -0.15) is 5.10 Å². The van der Waals surface area contributed by atoms with Crippen molar-refractivity contribution in [3.63, 3.8) is 0 Å². The molecule has 0 spiro atoms. The smallest absolute Gasteiger partial charge is 0.251 e. The average Bonchev–Trinajstić information content (AvgIpc) is 3.17. The summed E-state index contributed by atoms with van der Waals surface area (Å²) in [5, 5.41) is 7.37. The second-order valence-corrected chi connectivity index (χ2v) is 5.45. The van der Waals surface area contributed by atoms with Crippen LogP contribution in [0.3, 0.4) is 0 Å². The molecule has 3 rings (SSSR count). The lowest BCUT2D eigenvalue weighted by atomic mass is 10.2. The number of carbonyl (C=O) groups is 1. The summed E-state index contributed by atoms with van der Waals surface area (Å²) in [6, 6.07) is 9.49. The molecular weight excluding hydrogens is 290 g/mol. The zero-order chi connectivity index (χ0) is 16.2. The fourth-order valence-corrected chi connectivity index (χ4v) is 2.49. The maximum Gasteiger partial charge on any atom is 0.251 e. The van der Waals surface area contributed by atoms with Gasteiger partial charge in [0.15, 0.2) is 0 Å². The summed E-state index contributed by atoms with van der Waals surface area (Å²) >= 11 is 0. The Morgan fingerprint density at radius 1 is 1.26 bits per heavy atom. The van der Waals surface area contributed by atoms with E-state index in [0.717, 1.165) is 17.1 Å². The van der Waals surface area contributed by atoms with E-state index in [1.54, 1.807) is 12.5 Å². The quantitative estimate of drug-likeness (QED) is 0.785. The summed E-state index contributed by atoms with van der Waals surface area (Å²) in [6.45, 7) is 5.20. The van der Waals surface area contributed by atoms with E-state index in [9.17, 15) is 4.79 Å². The lowest BCUT2D eigenvalue weighted by Crippen LogP contribution is -2.27. The number of aryl methyl sites for hydroxylation is 2. The van der Waals surface area contributed by atoms with E-state index in [0.29, 0.717) is 18.7 Å². The van der Waals surface area contributed by atoms with Gasteiger partial charge in [-0.25, -0.2) is 9.67 Å². The Bertz CT molecular complexity index is 804. The van der Waals surface area contributed by atoms with Crippen LogP contribution in [0.15, 0.2) is 49.1 Å². The van der Waals surface area contributed by atoms with Crippen LogP contribution in [0.2, 0.25) is 0 Å². The van der Waals surface area contributed by atoms with Crippen molar-refractivity contribution in [1.82, 2.24) is 24.6 Å². The molecule has 118 valence electrons. The van der Waals surface area contributed by atoms with Crippen LogP contribution in [0.4, 0.5) is 0 Å². The zero-order valence-corrected chi connectivity index (χ0v) is 13.2. The van der Waals surface area contributed by atoms with E-state index in [-0.39, 0.29) is 5.91 Å². The first kappa shape index (κ1) is 15.0. The normalized spacial score (nSPS) is 10.7. The first-order valence-corrected chi connectivity index (χ1v) is 7.51. The van der Waals surface area contributed by atoms with Gasteiger partial charge in [0.25, 0.3) is 5.91 Å². The summed E-state index contributed by atoms with van der Waals surface area (Å²) in [6.07, 6.45) is 5.32. The number of hydrogen-bond donors (Lipinski definition) is 1. The van der Waals surface area contributed by atoms with Crippen LogP contribution in [-0.2, 0) is 6.54 Å². The molecule has 0 saturated heterocycles. The molecule has 0 fully saturated rings. The molecule has 3 aromatic rings. The minimum atomic E-state index is -0.0894. The Hall–Kier alpha value is -2.89. The highest BCUT2D eigenvalue weighted by molar-refractivity contribution is 5.94. The van der Waals surface area contributed by atoms with E-state index < -0.39 is 0 Å². The average molecular weight is 309 g/mol. The van der Waals surface area contributed by atoms with Gasteiger partial charge in [0, 0.05) is 36.7 Å². The first-order chi connectivity index (χ1) is 11.1. The zero-order valence-electron chi connectivity index (χ0n) is 13.2. The molecule has 6 nitrogen and oxygen atoms in total. The third-order valence-corrected chi connectivity index (χ3v) is 3.58. The van der Waals surface area contributed by atoms with E-state index in [4.69, 9.17) is 0 Å². The summed E-state index contributed by atoms with van der Waals surface area (Å²) < 4.78 is 3.77. The number of hydrogen-bond acceptors (Lipinski definition) is 3. The van der Waals surface area contributed by atoms with E-state index in [2.05, 4.69) is 15.4 Å². The summed E-state index contributed by atoms with van der Waals surface area (Å²) in [7, 11) is 0. The number of nitrogens with one attached hydrogen (secondary N) is 1. The standard InChI is InChI=1S/C17H19N5O/c1-13-10-14(2)22(20-13)16-5-3-4-15(11-16)17(23)19-7-9-21-8-6-18-12-21/h3-6,8,10-12H,7,9H2,1-2H3,(H,19,23). The Labute approximate surface area is 134 Å². The Morgan fingerprint density at radius 3 is 2.83 bits per heavy atom. The van der Waals surface area contributed by atoms with E-state index in [1.807, 2.05) is 59.6 Å². The molecular formula is C17H19N5O. The van der Waals surface area contributed by atoms with Gasteiger partial charge in [-0.3, -0.25) is 4.79 Å². The number of imidazole rings is 1. The fourth-order valence-electron chi connectivity index (χ4n) is 2.49. The molecule has 1 N–H and O–H groups in total. The highest BCUT2D eigenvalue weighted by Crippen LogP contribution is 2.13. The molecule has 2 heterocycles. The fraction of sp³-hybridized carbons (Fsp3) is 0.235. The molecule has 2 aromatic heterocycles. The van der Waals surface area contributed by atoms with Crippen molar-refractivity contribution in [2.75, 3.05) is 6.54 Å². The largest absolute Gasteiger partial charge is 0.350 e. The topological polar surface area (TPSA) is 64.7 Å². The molecule has 23 heavy (non-hydrogen) atoms. The summed E-state index contributed by atoms with van der Waals surface area (Å²) in [4.78, 5) is 16.3. The van der Waals surface area contributed by atoms with Crippen molar-refractivity contribution >= 4 is 5.91 Å². The molecule has 6 heteroatoms. The number of carbonyl (C=O) groups excluding carboxylic acids is 1. The Balaban J connectivity index is 1.69. The monoisotopic (exact) mass is 309 g/mol. The molecule has 0 radical (unpaired) electrons. The van der Waals surface area contributed by atoms with Crippen LogP contribution in [0, 0.1) is 13.8 Å². The van der Waals surface area contributed by atoms with Crippen LogP contribution < -0.4 is 5.32 Å². The van der Waals surface area contributed by atoms with Crippen LogP contribution >= 0.6 is 0 Å². The highest BCUT2D eigenvalue weighted by atomic mass is 16.1. The molecule has 1 aromatic carbocycles. The minimum Gasteiger partial charge on any atom is -0.350 e. The van der Waals surface area contributed by atoms with Crippen molar-refractivity contribution in [3.8, 4) is 5.69 Å². The lowest BCUT2D eigenvalue weighted by molar-refractivity contribution is 0.0952. The molecule has 0 saturated carbocycles. The van der Waals surface area contributed by atoms with Crippen LogP contribution in [0.5, 0.6) is 0 Å². The van der Waals surface area contributed by atoms with Crippen molar-refractivity contribution in [1.29, 1.82) is 0 Å². The highest BCUT2D eigenvalue weighted by Gasteiger charge is 2.08. The van der Waals surface area contributed by atoms with Crippen molar-refractivity contribution in [2.24, 2.45) is 0 Å². The van der Waals surface area contributed by atoms with Gasteiger partial charge in [-0.15, -0.1) is 0 Å². The number of amides is 1. The maximum atomic E-state index is 12.3. The van der Waals surface area contributed by atoms with Gasteiger partial charge < -0.3 is 9.88 Å². The van der Waals surface area contributed by atoms with Crippen molar-refractivity contribution < 1.29 is 4.79 Å². The van der Waals surface area contributed by atoms with Crippen LogP contribution in [0.1, 0.15) is 21.7 Å². The second-order valence-electron chi connectivity index (χ2n) is 5.45. The number of nitrogens with zero attached hydrogens (tertiary/aromatic N) is 4. The maximum absolute atomic E-state index is 12.3. The Kier molecular flexibility index (Phi) is 4.23. The lowest BCUT2D eigenvalue weighted by Gasteiger charge is -2.08. The van der Waals surface area contributed by atoms with Gasteiger partial charge in [0.05, 0.1) is 17.7 Å². The molecule has 1 amide bonds. The molecule has 0 aliphatic rings. The van der Waals surface area contributed by atoms with Gasteiger partial charge in [-0.1, -0.05) is 6.07 Å². The van der Waals surface area contributed by atoms with Gasteiger partial charge in [-0.05, 0) is 38.1 Å². The molecule has 0 bridgehead atoms. The van der Waals surface area contributed by atoms with Crippen LogP contribution in [0.25, 0.3) is 5.69 Å². The summed E-state index contributed by atoms with van der Waals surface area (Å²) in [5.41, 5.74) is 3.51. The predicted molar refractivity (Wildman–Crippen MR) is 87.6 cm³/mol. The number of aromatic nitrogens is 4. The van der Waals surface area contributed by atoms with E-state index >= 15 is 0 Å². The van der Waals surface area contributed by atoms with Crippen molar-refractivity contribution in [2.45, 2.75) is 20.4 Å². The molecule has 0 atom stereocenters. The first-order valence-electron chi connectivity index (χ1n) is 7.51. The molecule has 0 aliphatic heterocycles. The minimum absolute atomic E-state index is 0.0894. The third kappa shape index (κ3) is 3.48. The molecule has 0 unspecified atom stereocenters. The SMILES string of the molecule is Cc1cc(C)n(-c2cccc(C(=O)NCCn3ccnc3)c2)n1.